The van der Waals surface area contributed by atoms with Gasteiger partial charge in [-0.2, -0.15) is 0 Å². The molecule has 0 spiro atoms. The van der Waals surface area contributed by atoms with Crippen LogP contribution in [0.2, 0.25) is 0 Å². The van der Waals surface area contributed by atoms with Crippen LogP contribution in [0.5, 0.6) is 0 Å². The summed E-state index contributed by atoms with van der Waals surface area (Å²) in [6.45, 7) is 4.32. The van der Waals surface area contributed by atoms with Gasteiger partial charge in [-0.25, -0.2) is 13.8 Å². The second-order valence-corrected chi connectivity index (χ2v) is 16.6. The van der Waals surface area contributed by atoms with E-state index in [1.807, 2.05) is 9.80 Å². The number of para-hydroxylation sites is 1. The average molecular weight is 876 g/mol. The molecule has 4 N–H and O–H groups in total. The molecule has 1 unspecified atom stereocenters. The van der Waals surface area contributed by atoms with Crippen molar-refractivity contribution in [3.63, 3.8) is 0 Å². The molecule has 4 aliphatic rings. The van der Waals surface area contributed by atoms with Crippen LogP contribution in [0.3, 0.4) is 0 Å². The Labute approximate surface area is 369 Å². The van der Waals surface area contributed by atoms with Crippen LogP contribution in [-0.2, 0) is 25.7 Å². The van der Waals surface area contributed by atoms with E-state index in [1.54, 1.807) is 48.8 Å². The van der Waals surface area contributed by atoms with Crippen LogP contribution in [0.15, 0.2) is 60.9 Å². The van der Waals surface area contributed by atoms with Gasteiger partial charge in [0.05, 0.1) is 47.3 Å². The van der Waals surface area contributed by atoms with E-state index in [2.05, 4.69) is 20.9 Å². The Morgan fingerprint density at radius 3 is 2.39 bits per heavy atom. The van der Waals surface area contributed by atoms with Gasteiger partial charge in [-0.3, -0.25) is 44.1 Å². The van der Waals surface area contributed by atoms with Gasteiger partial charge >= 0.3 is 0 Å². The number of anilines is 1. The van der Waals surface area contributed by atoms with E-state index < -0.39 is 41.3 Å². The van der Waals surface area contributed by atoms with Gasteiger partial charge in [-0.05, 0) is 74.1 Å². The number of carbonyl (C=O) groups is 5. The lowest BCUT2D eigenvalue weighted by molar-refractivity contribution is -0.136. The molecule has 4 aliphatic heterocycles. The molecule has 8 rings (SSSR count). The van der Waals surface area contributed by atoms with Gasteiger partial charge in [0.15, 0.2) is 0 Å². The summed E-state index contributed by atoms with van der Waals surface area (Å²) < 4.78 is 36.1. The van der Waals surface area contributed by atoms with Gasteiger partial charge in [0.25, 0.3) is 11.8 Å². The van der Waals surface area contributed by atoms with E-state index in [9.17, 15) is 24.0 Å². The number of aromatic nitrogens is 2. The van der Waals surface area contributed by atoms with Crippen LogP contribution in [0.1, 0.15) is 89.8 Å². The molecule has 5 amide bonds. The molecule has 5 heterocycles. The highest BCUT2D eigenvalue weighted by molar-refractivity contribution is 6.23. The van der Waals surface area contributed by atoms with Crippen molar-refractivity contribution in [1.82, 2.24) is 35.3 Å². The first-order valence-electron chi connectivity index (χ1n) is 22.0. The van der Waals surface area contributed by atoms with Gasteiger partial charge < -0.3 is 25.7 Å². The summed E-state index contributed by atoms with van der Waals surface area (Å²) in [7, 11) is 0. The van der Waals surface area contributed by atoms with Crippen LogP contribution in [0.4, 0.5) is 14.5 Å². The largest absolute Gasteiger partial charge is 0.387 e. The monoisotopic (exact) mass is 875 g/mol. The summed E-state index contributed by atoms with van der Waals surface area (Å²) >= 11 is 0. The fourth-order valence-corrected chi connectivity index (χ4v) is 8.72. The number of piperidine rings is 2. The fourth-order valence-electron chi connectivity index (χ4n) is 8.72. The maximum atomic E-state index is 15.4. The molecule has 0 bridgehead atoms. The Bertz CT molecular complexity index is 2480. The molecule has 3 saturated heterocycles. The van der Waals surface area contributed by atoms with Crippen LogP contribution in [-0.4, -0.2) is 118 Å². The number of fused-ring (bicyclic) bond motifs is 2. The molecule has 3 aromatic carbocycles. The number of ether oxygens (including phenoxy) is 1. The van der Waals surface area contributed by atoms with Gasteiger partial charge in [-0.15, -0.1) is 0 Å². The van der Waals surface area contributed by atoms with E-state index in [0.717, 1.165) is 43.4 Å². The van der Waals surface area contributed by atoms with Gasteiger partial charge in [0.1, 0.15) is 17.7 Å². The Kier molecular flexibility index (Phi) is 13.8. The van der Waals surface area contributed by atoms with Crippen LogP contribution < -0.4 is 16.0 Å². The summed E-state index contributed by atoms with van der Waals surface area (Å²) in [5, 5.41) is 17.0. The third kappa shape index (κ3) is 9.85. The van der Waals surface area contributed by atoms with Crippen molar-refractivity contribution < 1.29 is 37.5 Å². The number of nitrogens with zero attached hydrogens (tertiary/aromatic N) is 5. The molecule has 64 heavy (non-hydrogen) atoms. The van der Waals surface area contributed by atoms with Crippen molar-refractivity contribution in [1.29, 1.82) is 5.41 Å². The first-order valence-corrected chi connectivity index (χ1v) is 22.0. The minimum Gasteiger partial charge on any atom is -0.387 e. The summed E-state index contributed by atoms with van der Waals surface area (Å²) in [4.78, 5) is 77.2. The zero-order valence-corrected chi connectivity index (χ0v) is 35.5. The van der Waals surface area contributed by atoms with Gasteiger partial charge in [0.2, 0.25) is 17.7 Å². The first kappa shape index (κ1) is 44.2. The predicted molar refractivity (Wildman–Crippen MR) is 235 cm³/mol. The molecule has 4 aromatic rings. The highest BCUT2D eigenvalue weighted by atomic mass is 19.1. The number of benzene rings is 3. The molecule has 0 aliphatic carbocycles. The third-order valence-corrected chi connectivity index (χ3v) is 12.4. The first-order chi connectivity index (χ1) is 31.1. The molecule has 0 radical (unpaired) electrons. The number of carbonyl (C=O) groups excluding carboxylic acids is 5. The molecule has 3 fully saturated rings. The summed E-state index contributed by atoms with van der Waals surface area (Å²) in [5.74, 6) is -3.26. The van der Waals surface area contributed by atoms with Crippen molar-refractivity contribution >= 4 is 58.0 Å². The number of halogens is 2. The number of hydrogen-bond donors (Lipinski definition) is 4. The van der Waals surface area contributed by atoms with Crippen molar-refractivity contribution in [3.8, 4) is 11.1 Å². The minimum atomic E-state index is -1.00. The van der Waals surface area contributed by atoms with E-state index >= 15 is 8.78 Å². The standard InChI is InChI=1S/C47H51F2N9O6/c48-37-22-29(23-38(49)36(37)28-56-18-20-64-21-19-56)33-6-5-7-39-44(33)54-40(27-53-39)30(25-50)26-52-31-13-16-57(17-14-31)43(60)8-3-1-2-4-15-51-32-9-10-34-35(24-32)47(63)58(46(34)62)41-11-12-42(59)55-45(41)61/h5-7,9-10,22-27,31,41,50-52H,1-4,8,11-21,28H2,(H,55,59,61)/b30-26+,50-25?. The minimum absolute atomic E-state index is 0.0200. The van der Waals surface area contributed by atoms with E-state index in [1.165, 1.54) is 18.3 Å². The molecule has 15 nitrogen and oxygen atoms in total. The predicted octanol–water partition coefficient (Wildman–Crippen LogP) is 5.44. The third-order valence-electron chi connectivity index (χ3n) is 12.4. The van der Waals surface area contributed by atoms with E-state index in [-0.39, 0.29) is 48.0 Å². The quantitative estimate of drug-likeness (QED) is 0.0637. The number of allylic oxidation sites excluding steroid dienone is 1. The zero-order valence-electron chi connectivity index (χ0n) is 35.5. The van der Waals surface area contributed by atoms with Crippen molar-refractivity contribution in [2.75, 3.05) is 51.3 Å². The summed E-state index contributed by atoms with van der Waals surface area (Å²) in [6.07, 6.45) is 10.0. The number of nitrogens with one attached hydrogen (secondary N) is 4. The number of likely N-dealkylation sites (tertiary alicyclic amines) is 1. The average Bonchev–Trinajstić information content (AvgIpc) is 3.55. The fraction of sp³-hybridized carbons (Fsp3) is 0.404. The number of amides is 5. The second-order valence-electron chi connectivity index (χ2n) is 16.6. The van der Waals surface area contributed by atoms with E-state index in [0.29, 0.717) is 91.5 Å². The van der Waals surface area contributed by atoms with Crippen molar-refractivity contribution in [2.24, 2.45) is 0 Å². The molecule has 0 saturated carbocycles. The van der Waals surface area contributed by atoms with Gasteiger partial charge in [0, 0.05) is 93.0 Å². The molecule has 17 heteroatoms. The number of imide groups is 2. The zero-order chi connectivity index (χ0) is 44.7. The van der Waals surface area contributed by atoms with Crippen LogP contribution in [0, 0.1) is 17.0 Å². The van der Waals surface area contributed by atoms with Crippen molar-refractivity contribution in [3.05, 3.63) is 94.9 Å². The van der Waals surface area contributed by atoms with Crippen molar-refractivity contribution in [2.45, 2.75) is 76.4 Å². The summed E-state index contributed by atoms with van der Waals surface area (Å²) in [5.41, 5.74) is 4.01. The lowest BCUT2D eigenvalue weighted by Crippen LogP contribution is -2.54. The Balaban J connectivity index is 0.767. The van der Waals surface area contributed by atoms with Crippen LogP contribution in [0.25, 0.3) is 27.7 Å². The highest BCUT2D eigenvalue weighted by Gasteiger charge is 2.44. The smallest absolute Gasteiger partial charge is 0.262 e. The number of morpholine rings is 1. The molecule has 334 valence electrons. The Morgan fingerprint density at radius 2 is 1.64 bits per heavy atom. The number of hydrogen-bond acceptors (Lipinski definition) is 12. The maximum absolute atomic E-state index is 15.4. The highest BCUT2D eigenvalue weighted by Crippen LogP contribution is 2.32. The number of rotatable bonds is 16. The maximum Gasteiger partial charge on any atom is 0.262 e. The lowest BCUT2D eigenvalue weighted by Gasteiger charge is -2.32. The normalized spacial score (nSPS) is 18.7. The Hall–Kier alpha value is -6.46. The summed E-state index contributed by atoms with van der Waals surface area (Å²) in [6, 6.07) is 12.0. The topological polar surface area (TPSA) is 190 Å². The lowest BCUT2D eigenvalue weighted by atomic mass is 10.0. The second kappa shape index (κ2) is 19.9. The molecule has 1 aromatic heterocycles. The van der Waals surface area contributed by atoms with Crippen LogP contribution >= 0.6 is 0 Å². The Morgan fingerprint density at radius 1 is 0.891 bits per heavy atom. The van der Waals surface area contributed by atoms with E-state index in [4.69, 9.17) is 15.1 Å². The van der Waals surface area contributed by atoms with Gasteiger partial charge in [-0.1, -0.05) is 25.0 Å². The molecule has 1 atom stereocenters. The number of unbranched alkanes of at least 4 members (excludes halogenated alkanes) is 3. The molecular formula is C47H51F2N9O6. The molecular weight excluding hydrogens is 825 g/mol. The SMILES string of the molecule is N=C/C(=C\NC1CCN(C(=O)CCCCCCNc2ccc3c(c2)C(=O)N(C2CCC(=O)NC2=O)C3=O)CC1)c1cnc2cccc(-c3cc(F)c(CN4CCOCC4)c(F)c3)c2n1.